The van der Waals surface area contributed by atoms with Gasteiger partial charge >= 0.3 is 0 Å². The van der Waals surface area contributed by atoms with Gasteiger partial charge in [0.25, 0.3) is 5.91 Å². The zero-order valence-electron chi connectivity index (χ0n) is 16.8. The number of nitriles is 1. The van der Waals surface area contributed by atoms with Crippen molar-refractivity contribution in [3.63, 3.8) is 0 Å². The topological polar surface area (TPSA) is 62.1 Å². The molecule has 0 heterocycles. The fraction of sp³-hybridized carbons (Fsp3) is 0.0833. The van der Waals surface area contributed by atoms with E-state index in [9.17, 15) is 10.1 Å². The summed E-state index contributed by atoms with van der Waals surface area (Å²) in [6.45, 7) is 2.44. The van der Waals surface area contributed by atoms with Gasteiger partial charge in [0.15, 0.2) is 0 Å². The monoisotopic (exact) mass is 592 g/mol. The van der Waals surface area contributed by atoms with Crippen LogP contribution in [0.25, 0.3) is 6.08 Å². The van der Waals surface area contributed by atoms with Crippen molar-refractivity contribution in [2.75, 3.05) is 5.32 Å². The van der Waals surface area contributed by atoms with Gasteiger partial charge in [-0.05, 0) is 86.3 Å². The summed E-state index contributed by atoms with van der Waals surface area (Å²) in [6.07, 6.45) is 1.49. The number of rotatable bonds is 6. The highest BCUT2D eigenvalue weighted by Crippen LogP contribution is 2.36. The number of anilines is 1. The number of carbonyl (C=O) groups excluding carboxylic acids is 1. The normalized spacial score (nSPS) is 11.1. The van der Waals surface area contributed by atoms with Gasteiger partial charge in [0, 0.05) is 5.69 Å². The highest BCUT2D eigenvalue weighted by atomic mass is 79.9. The van der Waals surface area contributed by atoms with E-state index in [1.165, 1.54) is 12.1 Å². The zero-order valence-corrected chi connectivity index (χ0v) is 21.4. The van der Waals surface area contributed by atoms with Crippen LogP contribution in [0.4, 0.5) is 5.69 Å². The first-order chi connectivity index (χ1) is 15.3. The van der Waals surface area contributed by atoms with Gasteiger partial charge in [-0.3, -0.25) is 4.79 Å². The smallest absolute Gasteiger partial charge is 0.266 e. The molecule has 162 valence electrons. The van der Waals surface area contributed by atoms with Crippen LogP contribution < -0.4 is 10.1 Å². The van der Waals surface area contributed by atoms with E-state index in [2.05, 4.69) is 43.2 Å². The van der Waals surface area contributed by atoms with E-state index < -0.39 is 5.91 Å². The highest BCUT2D eigenvalue weighted by Gasteiger charge is 2.13. The maximum Gasteiger partial charge on any atom is 0.266 e. The zero-order chi connectivity index (χ0) is 23.3. The molecule has 4 nitrogen and oxygen atoms in total. The summed E-state index contributed by atoms with van der Waals surface area (Å²) in [7, 11) is 0. The van der Waals surface area contributed by atoms with Crippen LogP contribution >= 0.6 is 55.1 Å². The number of halogens is 4. The standard InChI is InChI=1S/C24H16Br2Cl2N2O2/c1-14-3-2-4-15(7-14)13-32-23-19(25)9-16(10-20(23)26)8-17(12-29)24(31)30-18-5-6-21(27)22(28)11-18/h2-11H,13H2,1H3,(H,30,31)/b17-8+. The second kappa shape index (κ2) is 11.0. The minimum Gasteiger partial charge on any atom is -0.487 e. The molecule has 0 unspecified atom stereocenters. The summed E-state index contributed by atoms with van der Waals surface area (Å²) in [6, 6.07) is 18.2. The molecule has 0 aliphatic rings. The van der Waals surface area contributed by atoms with Gasteiger partial charge in [0.05, 0.1) is 19.0 Å². The van der Waals surface area contributed by atoms with E-state index in [0.29, 0.717) is 42.6 Å². The van der Waals surface area contributed by atoms with E-state index in [0.717, 1.165) is 11.1 Å². The molecule has 0 saturated carbocycles. The van der Waals surface area contributed by atoms with Crippen LogP contribution in [0.5, 0.6) is 5.75 Å². The van der Waals surface area contributed by atoms with Crippen LogP contribution in [-0.4, -0.2) is 5.91 Å². The Morgan fingerprint density at radius 1 is 1.09 bits per heavy atom. The van der Waals surface area contributed by atoms with Gasteiger partial charge in [-0.25, -0.2) is 0 Å². The van der Waals surface area contributed by atoms with Crippen LogP contribution in [0.2, 0.25) is 10.0 Å². The lowest BCUT2D eigenvalue weighted by Crippen LogP contribution is -2.13. The van der Waals surface area contributed by atoms with E-state index >= 15 is 0 Å². The summed E-state index contributed by atoms with van der Waals surface area (Å²) < 4.78 is 7.34. The van der Waals surface area contributed by atoms with Crippen molar-refractivity contribution in [1.82, 2.24) is 0 Å². The number of ether oxygens (including phenoxy) is 1. The second-order valence-electron chi connectivity index (χ2n) is 6.84. The Morgan fingerprint density at radius 3 is 2.44 bits per heavy atom. The Hall–Kier alpha value is -2.30. The third-order valence-corrected chi connectivity index (χ3v) is 6.26. The Morgan fingerprint density at radius 2 is 1.81 bits per heavy atom. The minimum atomic E-state index is -0.557. The Kier molecular flexibility index (Phi) is 8.38. The van der Waals surface area contributed by atoms with Crippen LogP contribution in [-0.2, 0) is 11.4 Å². The third kappa shape index (κ3) is 6.36. The van der Waals surface area contributed by atoms with Gasteiger partial charge in [0.1, 0.15) is 24.0 Å². The van der Waals surface area contributed by atoms with Crippen LogP contribution in [0.1, 0.15) is 16.7 Å². The molecule has 0 saturated heterocycles. The number of nitrogens with one attached hydrogen (secondary N) is 1. The van der Waals surface area contributed by atoms with Gasteiger partial charge in [0.2, 0.25) is 0 Å². The van der Waals surface area contributed by atoms with Crippen molar-refractivity contribution in [1.29, 1.82) is 5.26 Å². The fourth-order valence-corrected chi connectivity index (χ4v) is 4.59. The first-order valence-electron chi connectivity index (χ1n) is 9.32. The van der Waals surface area contributed by atoms with Crippen molar-refractivity contribution < 1.29 is 9.53 Å². The molecule has 0 atom stereocenters. The van der Waals surface area contributed by atoms with Crippen molar-refractivity contribution in [3.05, 3.63) is 95.9 Å². The Balaban J connectivity index is 1.77. The van der Waals surface area contributed by atoms with Crippen LogP contribution in [0, 0.1) is 18.3 Å². The van der Waals surface area contributed by atoms with Crippen molar-refractivity contribution in [3.8, 4) is 11.8 Å². The van der Waals surface area contributed by atoms with Gasteiger partial charge in [-0.2, -0.15) is 5.26 Å². The molecule has 0 aromatic heterocycles. The fourth-order valence-electron chi connectivity index (χ4n) is 2.85. The minimum absolute atomic E-state index is 0.0664. The molecule has 0 spiro atoms. The SMILES string of the molecule is Cc1cccc(COc2c(Br)cc(/C=C(\C#N)C(=O)Nc3ccc(Cl)c(Cl)c3)cc2Br)c1. The molecular formula is C24H16Br2Cl2N2O2. The largest absolute Gasteiger partial charge is 0.487 e. The van der Waals surface area contributed by atoms with Crippen molar-refractivity contribution in [2.24, 2.45) is 0 Å². The van der Waals surface area contributed by atoms with E-state index in [1.807, 2.05) is 31.2 Å². The summed E-state index contributed by atoms with van der Waals surface area (Å²) in [5.74, 6) is 0.0697. The molecule has 8 heteroatoms. The average Bonchev–Trinajstić information content (AvgIpc) is 2.74. The number of nitrogens with zero attached hydrogens (tertiary/aromatic N) is 1. The molecular weight excluding hydrogens is 579 g/mol. The number of carbonyl (C=O) groups is 1. The molecule has 0 fully saturated rings. The molecule has 3 aromatic rings. The summed E-state index contributed by atoms with van der Waals surface area (Å²) in [4.78, 5) is 12.5. The molecule has 0 bridgehead atoms. The lowest BCUT2D eigenvalue weighted by molar-refractivity contribution is -0.112. The number of hydrogen-bond donors (Lipinski definition) is 1. The maximum atomic E-state index is 12.5. The first kappa shape index (κ1) is 24.3. The van der Waals surface area contributed by atoms with E-state index in [4.69, 9.17) is 27.9 Å². The molecule has 0 aliphatic heterocycles. The average molecular weight is 595 g/mol. The Labute approximate surface area is 213 Å². The molecule has 3 rings (SSSR count). The Bertz CT molecular complexity index is 1230. The molecule has 0 radical (unpaired) electrons. The predicted molar refractivity (Wildman–Crippen MR) is 136 cm³/mol. The van der Waals surface area contributed by atoms with Crippen LogP contribution in [0.15, 0.2) is 69.1 Å². The second-order valence-corrected chi connectivity index (χ2v) is 9.37. The maximum absolute atomic E-state index is 12.5. The van der Waals surface area contributed by atoms with E-state index in [1.54, 1.807) is 24.3 Å². The van der Waals surface area contributed by atoms with E-state index in [-0.39, 0.29) is 5.57 Å². The number of hydrogen-bond acceptors (Lipinski definition) is 3. The lowest BCUT2D eigenvalue weighted by Gasteiger charge is -2.12. The van der Waals surface area contributed by atoms with Crippen molar-refractivity contribution in [2.45, 2.75) is 13.5 Å². The van der Waals surface area contributed by atoms with Gasteiger partial charge in [-0.15, -0.1) is 0 Å². The summed E-state index contributed by atoms with van der Waals surface area (Å²) in [5, 5.41) is 12.8. The van der Waals surface area contributed by atoms with Crippen molar-refractivity contribution >= 4 is 72.7 Å². The summed E-state index contributed by atoms with van der Waals surface area (Å²) >= 11 is 18.9. The van der Waals surface area contributed by atoms with Gasteiger partial charge < -0.3 is 10.1 Å². The van der Waals surface area contributed by atoms with Crippen LogP contribution in [0.3, 0.4) is 0 Å². The first-order valence-corrected chi connectivity index (χ1v) is 11.7. The number of amides is 1. The molecule has 0 aliphatic carbocycles. The molecule has 1 N–H and O–H groups in total. The third-order valence-electron chi connectivity index (χ3n) is 4.34. The van der Waals surface area contributed by atoms with Gasteiger partial charge in [-0.1, -0.05) is 53.0 Å². The highest BCUT2D eigenvalue weighted by molar-refractivity contribution is 9.11. The number of benzene rings is 3. The molecule has 1 amide bonds. The predicted octanol–water partition coefficient (Wildman–Crippen LogP) is 7.95. The summed E-state index contributed by atoms with van der Waals surface area (Å²) in [5.41, 5.74) is 3.23. The lowest BCUT2D eigenvalue weighted by atomic mass is 10.1. The molecule has 3 aromatic carbocycles. The molecule has 32 heavy (non-hydrogen) atoms. The number of aryl methyl sites for hydroxylation is 1. The quantitative estimate of drug-likeness (QED) is 0.233.